The maximum atomic E-state index is 6.01. The van der Waals surface area contributed by atoms with Gasteiger partial charge in [0, 0.05) is 25.7 Å². The van der Waals surface area contributed by atoms with Gasteiger partial charge in [0.25, 0.3) is 0 Å². The highest BCUT2D eigenvalue weighted by molar-refractivity contribution is 6.28. The topological polar surface area (TPSA) is 66.4 Å². The maximum Gasteiger partial charge on any atom is 0.231 e. The van der Waals surface area contributed by atoms with Crippen molar-refractivity contribution in [2.75, 3.05) is 56.7 Å². The number of nitrogens with zero attached hydrogens (tertiary/aromatic N) is 5. The van der Waals surface area contributed by atoms with E-state index in [9.17, 15) is 0 Å². The standard InChI is InChI=1S/C12H19ClN6O/c1-18-3-2-9(8-18)14-11-15-10(13)16-12(17-11)19-4-6-20-7-5-19/h9H,2-8H2,1H3,(H,14,15,16,17). The van der Waals surface area contributed by atoms with Crippen molar-refractivity contribution in [3.63, 3.8) is 0 Å². The highest BCUT2D eigenvalue weighted by Crippen LogP contribution is 2.17. The molecule has 1 atom stereocenters. The van der Waals surface area contributed by atoms with Crippen molar-refractivity contribution in [1.82, 2.24) is 19.9 Å². The molecule has 20 heavy (non-hydrogen) atoms. The van der Waals surface area contributed by atoms with Gasteiger partial charge in [0.2, 0.25) is 17.2 Å². The minimum atomic E-state index is 0.232. The predicted molar refractivity (Wildman–Crippen MR) is 77.4 cm³/mol. The Labute approximate surface area is 123 Å². The molecule has 0 amide bonds. The van der Waals surface area contributed by atoms with E-state index in [0.717, 1.165) is 32.6 Å². The summed E-state index contributed by atoms with van der Waals surface area (Å²) >= 11 is 6.01. The van der Waals surface area contributed by atoms with Crippen LogP contribution in [0.2, 0.25) is 5.28 Å². The van der Waals surface area contributed by atoms with Crippen LogP contribution < -0.4 is 10.2 Å². The Morgan fingerprint density at radius 3 is 2.70 bits per heavy atom. The lowest BCUT2D eigenvalue weighted by Gasteiger charge is -2.27. The van der Waals surface area contributed by atoms with Gasteiger partial charge in [-0.3, -0.25) is 0 Å². The Kier molecular flexibility index (Phi) is 4.18. The van der Waals surface area contributed by atoms with Gasteiger partial charge in [-0.25, -0.2) is 0 Å². The second-order valence-electron chi connectivity index (χ2n) is 5.22. The number of likely N-dealkylation sites (N-methyl/N-ethyl adjacent to an activating group) is 1. The van der Waals surface area contributed by atoms with Crippen LogP contribution in [0.15, 0.2) is 0 Å². The molecule has 2 saturated heterocycles. The van der Waals surface area contributed by atoms with Crippen molar-refractivity contribution in [1.29, 1.82) is 0 Å². The van der Waals surface area contributed by atoms with Gasteiger partial charge >= 0.3 is 0 Å². The first-order valence-electron chi connectivity index (χ1n) is 6.90. The molecule has 0 spiro atoms. The number of rotatable bonds is 3. The summed E-state index contributed by atoms with van der Waals surface area (Å²) in [7, 11) is 2.11. The van der Waals surface area contributed by atoms with E-state index in [1.807, 2.05) is 0 Å². The molecule has 0 radical (unpaired) electrons. The van der Waals surface area contributed by atoms with Crippen molar-refractivity contribution in [2.45, 2.75) is 12.5 Å². The number of anilines is 2. The summed E-state index contributed by atoms with van der Waals surface area (Å²) < 4.78 is 5.33. The quantitative estimate of drug-likeness (QED) is 0.870. The van der Waals surface area contributed by atoms with Gasteiger partial charge in [0.05, 0.1) is 13.2 Å². The third-order valence-electron chi connectivity index (χ3n) is 3.61. The number of hydrogen-bond donors (Lipinski definition) is 1. The van der Waals surface area contributed by atoms with E-state index in [1.165, 1.54) is 0 Å². The molecule has 3 heterocycles. The Hall–Kier alpha value is -1.18. The van der Waals surface area contributed by atoms with Gasteiger partial charge in [-0.2, -0.15) is 15.0 Å². The van der Waals surface area contributed by atoms with E-state index >= 15 is 0 Å². The van der Waals surface area contributed by atoms with Gasteiger partial charge in [-0.1, -0.05) is 0 Å². The molecule has 7 nitrogen and oxygen atoms in total. The van der Waals surface area contributed by atoms with Crippen molar-refractivity contribution in [3.8, 4) is 0 Å². The second kappa shape index (κ2) is 6.07. The molecule has 0 aliphatic carbocycles. The molecule has 1 aromatic heterocycles. The van der Waals surface area contributed by atoms with Crippen LogP contribution >= 0.6 is 11.6 Å². The first kappa shape index (κ1) is 13.8. The summed E-state index contributed by atoms with van der Waals surface area (Å²) in [6.45, 7) is 5.04. The maximum absolute atomic E-state index is 6.01. The molecule has 2 fully saturated rings. The number of morpholine rings is 1. The van der Waals surface area contributed by atoms with Crippen LogP contribution in [-0.4, -0.2) is 72.3 Å². The zero-order chi connectivity index (χ0) is 13.9. The monoisotopic (exact) mass is 298 g/mol. The van der Waals surface area contributed by atoms with Gasteiger partial charge < -0.3 is 19.9 Å². The largest absolute Gasteiger partial charge is 0.378 e. The fourth-order valence-electron chi connectivity index (χ4n) is 2.54. The highest BCUT2D eigenvalue weighted by Gasteiger charge is 2.21. The molecule has 1 unspecified atom stereocenters. The van der Waals surface area contributed by atoms with E-state index < -0.39 is 0 Å². The van der Waals surface area contributed by atoms with Crippen LogP contribution in [0.3, 0.4) is 0 Å². The average Bonchev–Trinajstić information content (AvgIpc) is 2.84. The second-order valence-corrected chi connectivity index (χ2v) is 5.56. The van der Waals surface area contributed by atoms with Crippen molar-refractivity contribution >= 4 is 23.5 Å². The molecule has 1 aromatic rings. The van der Waals surface area contributed by atoms with E-state index in [2.05, 4.69) is 37.1 Å². The number of hydrogen-bond acceptors (Lipinski definition) is 7. The zero-order valence-corrected chi connectivity index (χ0v) is 12.3. The fourth-order valence-corrected chi connectivity index (χ4v) is 2.70. The molecule has 110 valence electrons. The van der Waals surface area contributed by atoms with Gasteiger partial charge in [-0.15, -0.1) is 0 Å². The summed E-state index contributed by atoms with van der Waals surface area (Å²) in [6.07, 6.45) is 1.09. The van der Waals surface area contributed by atoms with E-state index in [4.69, 9.17) is 16.3 Å². The van der Waals surface area contributed by atoms with Crippen LogP contribution in [0.5, 0.6) is 0 Å². The molecule has 0 bridgehead atoms. The summed E-state index contributed by atoms with van der Waals surface area (Å²) in [5.41, 5.74) is 0. The van der Waals surface area contributed by atoms with Crippen molar-refractivity contribution < 1.29 is 4.74 Å². The smallest absolute Gasteiger partial charge is 0.231 e. The fraction of sp³-hybridized carbons (Fsp3) is 0.750. The van der Waals surface area contributed by atoms with E-state index in [1.54, 1.807) is 0 Å². The summed E-state index contributed by atoms with van der Waals surface area (Å²) in [4.78, 5) is 17.2. The molecule has 0 aromatic carbocycles. The molecule has 2 aliphatic heterocycles. The third-order valence-corrected chi connectivity index (χ3v) is 3.78. The lowest BCUT2D eigenvalue weighted by atomic mass is 10.3. The Morgan fingerprint density at radius 2 is 2.00 bits per heavy atom. The van der Waals surface area contributed by atoms with E-state index in [0.29, 0.717) is 31.2 Å². The number of aromatic nitrogens is 3. The normalized spacial score (nSPS) is 24.1. The van der Waals surface area contributed by atoms with Crippen LogP contribution in [0.4, 0.5) is 11.9 Å². The lowest BCUT2D eigenvalue weighted by molar-refractivity contribution is 0.122. The lowest BCUT2D eigenvalue weighted by Crippen LogP contribution is -2.37. The SMILES string of the molecule is CN1CCC(Nc2nc(Cl)nc(N3CCOCC3)n2)C1. The molecule has 3 rings (SSSR count). The summed E-state index contributed by atoms with van der Waals surface area (Å²) in [5.74, 6) is 1.19. The van der Waals surface area contributed by atoms with Crippen molar-refractivity contribution in [3.05, 3.63) is 5.28 Å². The summed E-state index contributed by atoms with van der Waals surface area (Å²) in [6, 6.07) is 0.371. The molecular weight excluding hydrogens is 280 g/mol. The van der Waals surface area contributed by atoms with Crippen LogP contribution in [0, 0.1) is 0 Å². The number of ether oxygens (including phenoxy) is 1. The number of likely N-dealkylation sites (tertiary alicyclic amines) is 1. The van der Waals surface area contributed by atoms with Crippen molar-refractivity contribution in [2.24, 2.45) is 0 Å². The first-order valence-corrected chi connectivity index (χ1v) is 7.28. The minimum Gasteiger partial charge on any atom is -0.378 e. The Morgan fingerprint density at radius 1 is 1.20 bits per heavy atom. The Balaban J connectivity index is 1.72. The zero-order valence-electron chi connectivity index (χ0n) is 11.5. The minimum absolute atomic E-state index is 0.232. The highest BCUT2D eigenvalue weighted by atomic mass is 35.5. The average molecular weight is 299 g/mol. The third kappa shape index (κ3) is 3.28. The van der Waals surface area contributed by atoms with Gasteiger partial charge in [0.1, 0.15) is 0 Å². The predicted octanol–water partition coefficient (Wildman–Crippen LogP) is 0.478. The van der Waals surface area contributed by atoms with Crippen LogP contribution in [0.25, 0.3) is 0 Å². The molecule has 0 saturated carbocycles. The van der Waals surface area contributed by atoms with Crippen LogP contribution in [-0.2, 0) is 4.74 Å². The van der Waals surface area contributed by atoms with Crippen LogP contribution in [0.1, 0.15) is 6.42 Å². The summed E-state index contributed by atoms with van der Waals surface area (Å²) in [5, 5.41) is 3.58. The number of nitrogens with one attached hydrogen (secondary N) is 1. The first-order chi connectivity index (χ1) is 9.70. The molecule has 2 aliphatic rings. The van der Waals surface area contributed by atoms with Gasteiger partial charge in [0.15, 0.2) is 0 Å². The number of halogens is 1. The Bertz CT molecular complexity index is 467. The van der Waals surface area contributed by atoms with Gasteiger partial charge in [-0.05, 0) is 31.6 Å². The molecule has 1 N–H and O–H groups in total. The van der Waals surface area contributed by atoms with E-state index in [-0.39, 0.29) is 5.28 Å². The molecule has 8 heteroatoms. The molecular formula is C12H19ClN6O.